The van der Waals surface area contributed by atoms with E-state index in [2.05, 4.69) is 22.2 Å². The SMILES string of the molecule is C=C/C(=C\C=C/CCl)C(CO)NC(=O)c1ccn(-c2cc(Nc3ccc(F)cc3Cl)ncc2C)c1. The molecule has 182 valence electrons. The summed E-state index contributed by atoms with van der Waals surface area (Å²) in [5, 5.41) is 15.9. The van der Waals surface area contributed by atoms with E-state index < -0.39 is 11.9 Å². The molecular formula is C26H25Cl2FN4O2. The molecule has 0 fully saturated rings. The lowest BCUT2D eigenvalue weighted by atomic mass is 10.1. The number of aromatic nitrogens is 2. The first-order valence-corrected chi connectivity index (χ1v) is 11.6. The fraction of sp³-hybridized carbons (Fsp3) is 0.154. The molecule has 2 heterocycles. The van der Waals surface area contributed by atoms with Gasteiger partial charge in [-0.05, 0) is 42.3 Å². The molecule has 1 amide bonds. The number of hydrogen-bond acceptors (Lipinski definition) is 4. The molecule has 2 aromatic heterocycles. The van der Waals surface area contributed by atoms with E-state index in [-0.39, 0.29) is 17.5 Å². The number of benzene rings is 1. The van der Waals surface area contributed by atoms with Gasteiger partial charge >= 0.3 is 0 Å². The third-order valence-corrected chi connectivity index (χ3v) is 5.63. The number of hydrogen-bond donors (Lipinski definition) is 3. The summed E-state index contributed by atoms with van der Waals surface area (Å²) in [5.74, 6) is 0.0831. The number of aliphatic hydroxyl groups excluding tert-OH is 1. The Kier molecular flexibility index (Phi) is 9.25. The second kappa shape index (κ2) is 12.4. The van der Waals surface area contributed by atoms with Crippen LogP contribution >= 0.6 is 23.2 Å². The average Bonchev–Trinajstić information content (AvgIpc) is 3.34. The maximum atomic E-state index is 13.3. The third kappa shape index (κ3) is 6.82. The highest BCUT2D eigenvalue weighted by Gasteiger charge is 2.17. The smallest absolute Gasteiger partial charge is 0.253 e. The van der Waals surface area contributed by atoms with Crippen LogP contribution in [-0.2, 0) is 0 Å². The van der Waals surface area contributed by atoms with Gasteiger partial charge in [0, 0.05) is 30.5 Å². The van der Waals surface area contributed by atoms with Crippen molar-refractivity contribution in [2.24, 2.45) is 0 Å². The van der Waals surface area contributed by atoms with Gasteiger partial charge in [-0.15, -0.1) is 11.6 Å². The van der Waals surface area contributed by atoms with Crippen LogP contribution in [0.15, 0.2) is 85.4 Å². The number of alkyl halides is 1. The van der Waals surface area contributed by atoms with Crippen molar-refractivity contribution in [1.82, 2.24) is 14.9 Å². The summed E-state index contributed by atoms with van der Waals surface area (Å²) in [7, 11) is 0. The summed E-state index contributed by atoms with van der Waals surface area (Å²) < 4.78 is 15.1. The van der Waals surface area contributed by atoms with E-state index in [1.165, 1.54) is 18.2 Å². The molecule has 0 aliphatic heterocycles. The van der Waals surface area contributed by atoms with Crippen molar-refractivity contribution in [3.8, 4) is 5.69 Å². The molecule has 0 saturated heterocycles. The predicted octanol–water partition coefficient (Wildman–Crippen LogP) is 5.71. The molecule has 1 atom stereocenters. The number of rotatable bonds is 10. The van der Waals surface area contributed by atoms with Crippen LogP contribution in [0.1, 0.15) is 15.9 Å². The lowest BCUT2D eigenvalue weighted by Gasteiger charge is -2.17. The van der Waals surface area contributed by atoms with Crippen LogP contribution in [-0.4, -0.2) is 39.1 Å². The molecule has 35 heavy (non-hydrogen) atoms. The van der Waals surface area contributed by atoms with Gasteiger partial charge in [0.25, 0.3) is 5.91 Å². The van der Waals surface area contributed by atoms with Crippen LogP contribution in [0.25, 0.3) is 5.69 Å². The van der Waals surface area contributed by atoms with Crippen molar-refractivity contribution in [2.45, 2.75) is 13.0 Å². The van der Waals surface area contributed by atoms with Crippen molar-refractivity contribution < 1.29 is 14.3 Å². The Morgan fingerprint density at radius 3 is 2.83 bits per heavy atom. The monoisotopic (exact) mass is 514 g/mol. The number of carbonyl (C=O) groups excluding carboxylic acids is 1. The Labute approximate surface area is 213 Å². The van der Waals surface area contributed by atoms with E-state index in [1.54, 1.807) is 59.6 Å². The second-order valence-corrected chi connectivity index (χ2v) is 8.29. The minimum atomic E-state index is -0.623. The van der Waals surface area contributed by atoms with Gasteiger partial charge < -0.3 is 20.3 Å². The van der Waals surface area contributed by atoms with E-state index in [0.717, 1.165) is 11.3 Å². The van der Waals surface area contributed by atoms with E-state index in [4.69, 9.17) is 23.2 Å². The molecule has 0 saturated carbocycles. The summed E-state index contributed by atoms with van der Waals surface area (Å²) in [6.45, 7) is 5.36. The number of nitrogens with zero attached hydrogens (tertiary/aromatic N) is 2. The fourth-order valence-electron chi connectivity index (χ4n) is 3.30. The minimum absolute atomic E-state index is 0.235. The number of pyridine rings is 1. The first-order valence-electron chi connectivity index (χ1n) is 10.7. The minimum Gasteiger partial charge on any atom is -0.394 e. The van der Waals surface area contributed by atoms with Crippen LogP contribution in [0.4, 0.5) is 15.9 Å². The van der Waals surface area contributed by atoms with Crippen LogP contribution in [0.2, 0.25) is 5.02 Å². The average molecular weight is 515 g/mol. The van der Waals surface area contributed by atoms with Gasteiger partial charge in [0.2, 0.25) is 0 Å². The van der Waals surface area contributed by atoms with Gasteiger partial charge in [-0.3, -0.25) is 4.79 Å². The topological polar surface area (TPSA) is 79.2 Å². The molecule has 1 unspecified atom stereocenters. The molecule has 0 radical (unpaired) electrons. The lowest BCUT2D eigenvalue weighted by Crippen LogP contribution is -2.38. The number of allylic oxidation sites excluding steroid dienone is 3. The highest BCUT2D eigenvalue weighted by atomic mass is 35.5. The Balaban J connectivity index is 1.80. The first-order chi connectivity index (χ1) is 16.9. The van der Waals surface area contributed by atoms with Crippen molar-refractivity contribution in [3.05, 3.63) is 107 Å². The summed E-state index contributed by atoms with van der Waals surface area (Å²) in [4.78, 5) is 17.2. The molecule has 6 nitrogen and oxygen atoms in total. The Morgan fingerprint density at radius 2 is 2.14 bits per heavy atom. The van der Waals surface area contributed by atoms with Crippen molar-refractivity contribution in [3.63, 3.8) is 0 Å². The molecule has 3 aromatic rings. The number of halogens is 3. The lowest BCUT2D eigenvalue weighted by molar-refractivity contribution is 0.0927. The zero-order valence-corrected chi connectivity index (χ0v) is 20.5. The number of anilines is 2. The summed E-state index contributed by atoms with van der Waals surface area (Å²) >= 11 is 11.8. The van der Waals surface area contributed by atoms with Crippen molar-refractivity contribution in [2.75, 3.05) is 17.8 Å². The molecule has 0 bridgehead atoms. The van der Waals surface area contributed by atoms with Crippen molar-refractivity contribution >= 4 is 40.6 Å². The zero-order chi connectivity index (χ0) is 25.4. The fourth-order valence-corrected chi connectivity index (χ4v) is 3.62. The van der Waals surface area contributed by atoms with Crippen LogP contribution < -0.4 is 10.6 Å². The highest BCUT2D eigenvalue weighted by Crippen LogP contribution is 2.27. The molecule has 9 heteroatoms. The molecule has 0 aliphatic carbocycles. The molecule has 3 rings (SSSR count). The molecule has 0 aliphatic rings. The summed E-state index contributed by atoms with van der Waals surface area (Å²) in [5.41, 5.74) is 3.25. The summed E-state index contributed by atoms with van der Waals surface area (Å²) in [6, 6.07) is 6.92. The second-order valence-electron chi connectivity index (χ2n) is 7.57. The number of nitrogens with one attached hydrogen (secondary N) is 2. The number of aliphatic hydroxyl groups is 1. The van der Waals surface area contributed by atoms with Gasteiger partial charge in [0.05, 0.1) is 34.6 Å². The van der Waals surface area contributed by atoms with E-state index in [9.17, 15) is 14.3 Å². The normalized spacial score (nSPS) is 12.5. The predicted molar refractivity (Wildman–Crippen MR) is 139 cm³/mol. The van der Waals surface area contributed by atoms with Gasteiger partial charge in [-0.2, -0.15) is 0 Å². The molecular weight excluding hydrogens is 490 g/mol. The van der Waals surface area contributed by atoms with E-state index in [1.807, 2.05) is 6.92 Å². The van der Waals surface area contributed by atoms with Crippen LogP contribution in [0.3, 0.4) is 0 Å². The van der Waals surface area contributed by atoms with E-state index in [0.29, 0.717) is 28.5 Å². The molecule has 1 aromatic carbocycles. The van der Waals surface area contributed by atoms with Gasteiger partial charge in [-0.1, -0.05) is 42.5 Å². The van der Waals surface area contributed by atoms with Crippen molar-refractivity contribution in [1.29, 1.82) is 0 Å². The largest absolute Gasteiger partial charge is 0.394 e. The van der Waals surface area contributed by atoms with E-state index >= 15 is 0 Å². The Morgan fingerprint density at radius 1 is 1.34 bits per heavy atom. The first kappa shape index (κ1) is 26.2. The highest BCUT2D eigenvalue weighted by molar-refractivity contribution is 6.33. The number of carbonyl (C=O) groups is 1. The van der Waals surface area contributed by atoms with Crippen LogP contribution in [0, 0.1) is 12.7 Å². The number of aryl methyl sites for hydroxylation is 1. The molecule has 3 N–H and O–H groups in total. The third-order valence-electron chi connectivity index (χ3n) is 5.14. The Bertz CT molecular complexity index is 1270. The maximum Gasteiger partial charge on any atom is 0.253 e. The quantitative estimate of drug-likeness (QED) is 0.239. The zero-order valence-electron chi connectivity index (χ0n) is 19.0. The van der Waals surface area contributed by atoms with Crippen LogP contribution in [0.5, 0.6) is 0 Å². The van der Waals surface area contributed by atoms with Gasteiger partial charge in [0.15, 0.2) is 0 Å². The summed E-state index contributed by atoms with van der Waals surface area (Å²) in [6.07, 6.45) is 11.9. The molecule has 0 spiro atoms. The maximum absolute atomic E-state index is 13.3. The standard InChI is InChI=1S/C26H25Cl2FN4O2/c1-3-18(6-4-5-10-27)23(16-34)32-26(35)19-9-11-33(15-19)24-13-25(30-14-17(24)2)31-22-8-7-20(29)12-21(22)28/h3-9,11-15,23,34H,1,10,16H2,2H3,(H,30,31)(H,32,35)/b5-4-,18-6+. The van der Waals surface area contributed by atoms with Gasteiger partial charge in [-0.25, -0.2) is 9.37 Å². The Hall–Kier alpha value is -3.39. The van der Waals surface area contributed by atoms with Gasteiger partial charge in [0.1, 0.15) is 11.6 Å². The number of amides is 1.